The fourth-order valence-electron chi connectivity index (χ4n) is 2.63. The Labute approximate surface area is 131 Å². The van der Waals surface area contributed by atoms with Crippen molar-refractivity contribution in [3.63, 3.8) is 0 Å². The Hall–Kier alpha value is -0.770. The molecule has 1 aromatic carbocycles. The van der Waals surface area contributed by atoms with Crippen molar-refractivity contribution in [3.8, 4) is 0 Å². The van der Waals surface area contributed by atoms with Gasteiger partial charge in [0.05, 0.1) is 11.6 Å². The van der Waals surface area contributed by atoms with Crippen LogP contribution in [0.3, 0.4) is 0 Å². The molecule has 112 valence electrons. The summed E-state index contributed by atoms with van der Waals surface area (Å²) < 4.78 is 0. The Morgan fingerprint density at radius 3 is 2.60 bits per heavy atom. The van der Waals surface area contributed by atoms with Gasteiger partial charge in [-0.15, -0.1) is 12.4 Å². The lowest BCUT2D eigenvalue weighted by Gasteiger charge is -2.28. The molecule has 2 unspecified atom stereocenters. The van der Waals surface area contributed by atoms with Crippen LogP contribution < -0.4 is 10.6 Å². The summed E-state index contributed by atoms with van der Waals surface area (Å²) in [7, 11) is 0. The van der Waals surface area contributed by atoms with E-state index in [0.29, 0.717) is 5.02 Å². The molecule has 0 saturated carbocycles. The Balaban J connectivity index is 0.00000200. The molecular formula is C15H22Cl2N2O. The minimum Gasteiger partial charge on any atom is -0.348 e. The Bertz CT molecular complexity index is 442. The zero-order chi connectivity index (χ0) is 13.9. The maximum Gasteiger partial charge on any atom is 0.240 e. The van der Waals surface area contributed by atoms with E-state index < -0.39 is 0 Å². The van der Waals surface area contributed by atoms with E-state index in [1.807, 2.05) is 31.2 Å². The summed E-state index contributed by atoms with van der Waals surface area (Å²) in [5.41, 5.74) is 0.697. The third-order valence-electron chi connectivity index (χ3n) is 4.00. The van der Waals surface area contributed by atoms with Crippen LogP contribution >= 0.6 is 24.0 Å². The minimum absolute atomic E-state index is 0. The van der Waals surface area contributed by atoms with Gasteiger partial charge in [-0.25, -0.2) is 0 Å². The highest BCUT2D eigenvalue weighted by Gasteiger charge is 2.39. The number of hydrogen-bond acceptors (Lipinski definition) is 2. The van der Waals surface area contributed by atoms with Crippen molar-refractivity contribution in [2.45, 2.75) is 44.7 Å². The number of halogens is 2. The van der Waals surface area contributed by atoms with Crippen molar-refractivity contribution in [2.75, 3.05) is 6.54 Å². The predicted octanol–water partition coefficient (Wildman–Crippen LogP) is 3.47. The van der Waals surface area contributed by atoms with Crippen molar-refractivity contribution in [3.05, 3.63) is 34.9 Å². The van der Waals surface area contributed by atoms with Gasteiger partial charge in [0.25, 0.3) is 0 Å². The highest BCUT2D eigenvalue weighted by molar-refractivity contribution is 6.30. The molecule has 1 aliphatic heterocycles. The van der Waals surface area contributed by atoms with Gasteiger partial charge in [0.1, 0.15) is 0 Å². The van der Waals surface area contributed by atoms with E-state index in [0.717, 1.165) is 31.4 Å². The van der Waals surface area contributed by atoms with E-state index in [9.17, 15) is 4.79 Å². The summed E-state index contributed by atoms with van der Waals surface area (Å²) in [6.45, 7) is 4.99. The molecule has 1 saturated heterocycles. The number of hydrogen-bond donors (Lipinski definition) is 2. The van der Waals surface area contributed by atoms with Crippen LogP contribution in [-0.4, -0.2) is 18.0 Å². The van der Waals surface area contributed by atoms with Crippen LogP contribution in [0.2, 0.25) is 5.02 Å². The molecule has 2 N–H and O–H groups in total. The van der Waals surface area contributed by atoms with E-state index in [4.69, 9.17) is 11.6 Å². The second kappa shape index (κ2) is 7.30. The lowest BCUT2D eigenvalue weighted by atomic mass is 9.92. The Morgan fingerprint density at radius 2 is 2.10 bits per heavy atom. The molecule has 0 spiro atoms. The third kappa shape index (κ3) is 3.66. The first-order valence-corrected chi connectivity index (χ1v) is 7.26. The second-order valence-electron chi connectivity index (χ2n) is 5.21. The molecule has 0 aliphatic carbocycles. The van der Waals surface area contributed by atoms with Crippen LogP contribution in [0.25, 0.3) is 0 Å². The molecule has 0 aromatic heterocycles. The average molecular weight is 317 g/mol. The van der Waals surface area contributed by atoms with Gasteiger partial charge in [-0.1, -0.05) is 30.7 Å². The van der Waals surface area contributed by atoms with Crippen molar-refractivity contribution in [2.24, 2.45) is 0 Å². The van der Waals surface area contributed by atoms with Gasteiger partial charge in [-0.2, -0.15) is 0 Å². The second-order valence-corrected chi connectivity index (χ2v) is 5.65. The zero-order valence-corrected chi connectivity index (χ0v) is 13.5. The molecule has 20 heavy (non-hydrogen) atoms. The highest BCUT2D eigenvalue weighted by Crippen LogP contribution is 2.25. The van der Waals surface area contributed by atoms with Gasteiger partial charge in [0, 0.05) is 5.02 Å². The summed E-state index contributed by atoms with van der Waals surface area (Å²) in [5, 5.41) is 7.17. The van der Waals surface area contributed by atoms with Crippen molar-refractivity contribution in [1.29, 1.82) is 0 Å². The quantitative estimate of drug-likeness (QED) is 0.893. The third-order valence-corrected chi connectivity index (χ3v) is 4.25. The molecule has 3 nitrogen and oxygen atoms in total. The molecule has 1 amide bonds. The molecule has 5 heteroatoms. The standard InChI is InChI=1S/C15H21ClN2O.ClH/c1-3-15(9-4-10-17-15)14(19)18-11(2)12-5-7-13(16)8-6-12;/h5-8,11,17H,3-4,9-10H2,1-2H3,(H,18,19);1H. The normalized spacial score (nSPS) is 22.9. The summed E-state index contributed by atoms with van der Waals surface area (Å²) in [6.07, 6.45) is 2.81. The largest absolute Gasteiger partial charge is 0.348 e. The van der Waals surface area contributed by atoms with Crippen molar-refractivity contribution < 1.29 is 4.79 Å². The maximum absolute atomic E-state index is 12.4. The lowest BCUT2D eigenvalue weighted by molar-refractivity contribution is -0.128. The van der Waals surface area contributed by atoms with Crippen LogP contribution in [0.5, 0.6) is 0 Å². The molecule has 2 atom stereocenters. The first kappa shape index (κ1) is 17.3. The fourth-order valence-corrected chi connectivity index (χ4v) is 2.76. The van der Waals surface area contributed by atoms with E-state index in [1.54, 1.807) is 0 Å². The van der Waals surface area contributed by atoms with E-state index in [1.165, 1.54) is 0 Å². The van der Waals surface area contributed by atoms with Crippen LogP contribution in [0.1, 0.15) is 44.7 Å². The maximum atomic E-state index is 12.4. The molecular weight excluding hydrogens is 295 g/mol. The van der Waals surface area contributed by atoms with Crippen LogP contribution in [0, 0.1) is 0 Å². The molecule has 0 radical (unpaired) electrons. The monoisotopic (exact) mass is 316 g/mol. The predicted molar refractivity (Wildman–Crippen MR) is 85.5 cm³/mol. The van der Waals surface area contributed by atoms with Gasteiger partial charge < -0.3 is 10.6 Å². The van der Waals surface area contributed by atoms with Gasteiger partial charge in [0.2, 0.25) is 5.91 Å². The van der Waals surface area contributed by atoms with Crippen LogP contribution in [0.4, 0.5) is 0 Å². The summed E-state index contributed by atoms with van der Waals surface area (Å²) in [5.74, 6) is 0.106. The van der Waals surface area contributed by atoms with E-state index >= 15 is 0 Å². The molecule has 1 aromatic rings. The molecule has 1 fully saturated rings. The van der Waals surface area contributed by atoms with Gasteiger partial charge in [0.15, 0.2) is 0 Å². The lowest BCUT2D eigenvalue weighted by Crippen LogP contribution is -2.53. The van der Waals surface area contributed by atoms with Gasteiger partial charge >= 0.3 is 0 Å². The topological polar surface area (TPSA) is 41.1 Å². The number of benzene rings is 1. The molecule has 0 bridgehead atoms. The minimum atomic E-state index is -0.374. The number of carbonyl (C=O) groups excluding carboxylic acids is 1. The first-order chi connectivity index (χ1) is 9.07. The van der Waals surface area contributed by atoms with Crippen molar-refractivity contribution >= 4 is 29.9 Å². The average Bonchev–Trinajstić information content (AvgIpc) is 2.89. The fraction of sp³-hybridized carbons (Fsp3) is 0.533. The Morgan fingerprint density at radius 1 is 1.45 bits per heavy atom. The molecule has 1 heterocycles. The smallest absolute Gasteiger partial charge is 0.240 e. The molecule has 1 aliphatic rings. The number of amides is 1. The van der Waals surface area contributed by atoms with Crippen LogP contribution in [-0.2, 0) is 4.79 Å². The van der Waals surface area contributed by atoms with E-state index in [-0.39, 0.29) is 29.9 Å². The molecule has 2 rings (SSSR count). The Kier molecular flexibility index (Phi) is 6.31. The zero-order valence-electron chi connectivity index (χ0n) is 11.9. The van der Waals surface area contributed by atoms with Gasteiger partial charge in [-0.05, 0) is 50.4 Å². The SMILES string of the molecule is CCC1(C(=O)NC(C)c2ccc(Cl)cc2)CCCN1.Cl. The van der Waals surface area contributed by atoms with Crippen molar-refractivity contribution in [1.82, 2.24) is 10.6 Å². The summed E-state index contributed by atoms with van der Waals surface area (Å²) in [6, 6.07) is 7.60. The number of rotatable bonds is 4. The highest BCUT2D eigenvalue weighted by atomic mass is 35.5. The van der Waals surface area contributed by atoms with Crippen LogP contribution in [0.15, 0.2) is 24.3 Å². The first-order valence-electron chi connectivity index (χ1n) is 6.89. The summed E-state index contributed by atoms with van der Waals surface area (Å²) in [4.78, 5) is 12.4. The van der Waals surface area contributed by atoms with Gasteiger partial charge in [-0.3, -0.25) is 4.79 Å². The summed E-state index contributed by atoms with van der Waals surface area (Å²) >= 11 is 5.87. The van der Waals surface area contributed by atoms with E-state index in [2.05, 4.69) is 17.6 Å². The number of nitrogens with one attached hydrogen (secondary N) is 2. The number of carbonyl (C=O) groups is 1.